The summed E-state index contributed by atoms with van der Waals surface area (Å²) in [7, 11) is 1.85. The first kappa shape index (κ1) is 19.4. The number of H-pyrrole nitrogens is 1. The largest absolute Gasteiger partial charge is 0.367 e. The van der Waals surface area contributed by atoms with E-state index in [1.807, 2.05) is 11.9 Å². The number of alkyl halides is 1. The molecule has 4 aromatic rings. The van der Waals surface area contributed by atoms with Crippen LogP contribution in [0.1, 0.15) is 19.3 Å². The molecule has 3 aromatic heterocycles. The van der Waals surface area contributed by atoms with Gasteiger partial charge < -0.3 is 14.6 Å². The Kier molecular flexibility index (Phi) is 4.16. The Balaban J connectivity index is 1.42. The normalized spacial score (nSPS) is 20.1. The number of rotatable bonds is 5. The zero-order valence-corrected chi connectivity index (χ0v) is 17.7. The molecule has 1 amide bonds. The number of hydrogen-bond donors (Lipinski definition) is 2. The van der Waals surface area contributed by atoms with E-state index >= 15 is 4.39 Å². The summed E-state index contributed by atoms with van der Waals surface area (Å²) in [6.45, 7) is 0. The number of nitrogens with one attached hydrogen (secondary N) is 2. The van der Waals surface area contributed by atoms with Crippen LogP contribution in [0.4, 0.5) is 20.3 Å². The Morgan fingerprint density at radius 3 is 2.84 bits per heavy atom. The standard InChI is InChI=1S/C21H18ClF2N7O/c1-30(9-2-3-9)20-18(24)17(22)16(11-5-26-29-19(11)20)13-7-31-8-14(27-15(31)6-25-13)28-21(32)10-4-12(10)23/h5-10,12H,2-4H2,1H3,(H,26,29)(H,28,32). The van der Waals surface area contributed by atoms with Gasteiger partial charge in [-0.3, -0.25) is 14.9 Å². The summed E-state index contributed by atoms with van der Waals surface area (Å²) >= 11 is 6.52. The highest BCUT2D eigenvalue weighted by Gasteiger charge is 2.43. The lowest BCUT2D eigenvalue weighted by Crippen LogP contribution is -2.21. The van der Waals surface area contributed by atoms with E-state index in [0.717, 1.165) is 12.8 Å². The lowest BCUT2D eigenvalue weighted by Gasteiger charge is -2.22. The molecule has 0 saturated heterocycles. The van der Waals surface area contributed by atoms with Gasteiger partial charge in [0.1, 0.15) is 11.9 Å². The van der Waals surface area contributed by atoms with Crippen LogP contribution >= 0.6 is 11.6 Å². The molecule has 0 radical (unpaired) electrons. The molecule has 2 atom stereocenters. The minimum absolute atomic E-state index is 0.0374. The van der Waals surface area contributed by atoms with Crippen molar-refractivity contribution in [1.82, 2.24) is 24.6 Å². The molecule has 164 valence electrons. The molecule has 6 rings (SSSR count). The van der Waals surface area contributed by atoms with Crippen molar-refractivity contribution in [2.45, 2.75) is 31.5 Å². The van der Waals surface area contributed by atoms with Gasteiger partial charge in [-0.15, -0.1) is 0 Å². The van der Waals surface area contributed by atoms with Gasteiger partial charge in [-0.1, -0.05) is 11.6 Å². The number of fused-ring (bicyclic) bond motifs is 2. The average Bonchev–Trinajstić information content (AvgIpc) is 3.66. The predicted octanol–water partition coefficient (Wildman–Crippen LogP) is 3.96. The summed E-state index contributed by atoms with van der Waals surface area (Å²) in [4.78, 5) is 22.6. The Bertz CT molecular complexity index is 1400. The Hall–Kier alpha value is -3.27. The lowest BCUT2D eigenvalue weighted by atomic mass is 10.0. The van der Waals surface area contributed by atoms with E-state index in [1.54, 1.807) is 23.0 Å². The third-order valence-electron chi connectivity index (χ3n) is 6.11. The average molecular weight is 458 g/mol. The van der Waals surface area contributed by atoms with Gasteiger partial charge >= 0.3 is 0 Å². The lowest BCUT2D eigenvalue weighted by molar-refractivity contribution is -0.117. The molecule has 2 fully saturated rings. The zero-order chi connectivity index (χ0) is 22.1. The van der Waals surface area contributed by atoms with Gasteiger partial charge in [0, 0.05) is 30.2 Å². The molecule has 2 saturated carbocycles. The number of anilines is 2. The van der Waals surface area contributed by atoms with Crippen molar-refractivity contribution in [3.8, 4) is 11.3 Å². The van der Waals surface area contributed by atoms with Crippen LogP contribution in [0.25, 0.3) is 27.8 Å². The number of aromatic nitrogens is 5. The van der Waals surface area contributed by atoms with E-state index < -0.39 is 23.8 Å². The van der Waals surface area contributed by atoms with E-state index in [0.29, 0.717) is 39.3 Å². The molecule has 2 unspecified atom stereocenters. The van der Waals surface area contributed by atoms with E-state index in [1.165, 1.54) is 6.20 Å². The van der Waals surface area contributed by atoms with Gasteiger partial charge in [0.15, 0.2) is 17.3 Å². The molecule has 3 heterocycles. The molecule has 0 bridgehead atoms. The van der Waals surface area contributed by atoms with Crippen LogP contribution in [-0.2, 0) is 4.79 Å². The summed E-state index contributed by atoms with van der Waals surface area (Å²) in [6, 6.07) is 0.287. The predicted molar refractivity (Wildman–Crippen MR) is 116 cm³/mol. The maximum atomic E-state index is 15.4. The van der Waals surface area contributed by atoms with Crippen molar-refractivity contribution in [3.05, 3.63) is 35.6 Å². The quantitative estimate of drug-likeness (QED) is 0.473. The number of carbonyl (C=O) groups is 1. The van der Waals surface area contributed by atoms with Crippen LogP contribution in [0.3, 0.4) is 0 Å². The zero-order valence-electron chi connectivity index (χ0n) is 16.9. The first-order valence-corrected chi connectivity index (χ1v) is 10.7. The second-order valence-corrected chi connectivity index (χ2v) is 8.74. The van der Waals surface area contributed by atoms with Gasteiger partial charge in [-0.05, 0) is 19.3 Å². The molecule has 0 spiro atoms. The van der Waals surface area contributed by atoms with Crippen molar-refractivity contribution < 1.29 is 13.6 Å². The van der Waals surface area contributed by atoms with E-state index in [2.05, 4.69) is 25.5 Å². The third kappa shape index (κ3) is 3.01. The molecular formula is C21H18ClF2N7O. The number of benzene rings is 1. The molecule has 2 N–H and O–H groups in total. The summed E-state index contributed by atoms with van der Waals surface area (Å²) in [5, 5.41) is 10.3. The van der Waals surface area contributed by atoms with Crippen molar-refractivity contribution in [1.29, 1.82) is 0 Å². The Labute approximate surface area is 185 Å². The summed E-state index contributed by atoms with van der Waals surface area (Å²) in [5.74, 6) is -1.25. The Morgan fingerprint density at radius 1 is 1.34 bits per heavy atom. The molecule has 1 aromatic carbocycles. The number of nitrogens with zero attached hydrogens (tertiary/aromatic N) is 5. The molecule has 0 aliphatic heterocycles. The number of imidazole rings is 1. The minimum atomic E-state index is -1.09. The van der Waals surface area contributed by atoms with E-state index in [-0.39, 0.29) is 17.5 Å². The second kappa shape index (κ2) is 6.86. The first-order chi connectivity index (χ1) is 15.4. The number of aromatic amines is 1. The van der Waals surface area contributed by atoms with Gasteiger partial charge in [0.05, 0.1) is 40.7 Å². The molecule has 32 heavy (non-hydrogen) atoms. The molecule has 11 heteroatoms. The number of hydrogen-bond acceptors (Lipinski definition) is 5. The molecule has 2 aliphatic rings. The maximum absolute atomic E-state index is 15.4. The van der Waals surface area contributed by atoms with Crippen LogP contribution in [-0.4, -0.2) is 49.7 Å². The van der Waals surface area contributed by atoms with Crippen LogP contribution < -0.4 is 10.2 Å². The van der Waals surface area contributed by atoms with Crippen molar-refractivity contribution in [2.75, 3.05) is 17.3 Å². The molecule has 8 nitrogen and oxygen atoms in total. The van der Waals surface area contributed by atoms with Crippen LogP contribution in [0.15, 0.2) is 24.8 Å². The Morgan fingerprint density at radius 2 is 2.12 bits per heavy atom. The van der Waals surface area contributed by atoms with Gasteiger partial charge in [0.2, 0.25) is 5.91 Å². The summed E-state index contributed by atoms with van der Waals surface area (Å²) in [5.41, 5.74) is 2.27. The third-order valence-corrected chi connectivity index (χ3v) is 6.47. The van der Waals surface area contributed by atoms with Crippen LogP contribution in [0.5, 0.6) is 0 Å². The highest BCUT2D eigenvalue weighted by atomic mass is 35.5. The fraction of sp³-hybridized carbons (Fsp3) is 0.333. The van der Waals surface area contributed by atoms with Gasteiger partial charge in [0.25, 0.3) is 0 Å². The van der Waals surface area contributed by atoms with Gasteiger partial charge in [-0.25, -0.2) is 13.8 Å². The van der Waals surface area contributed by atoms with Crippen molar-refractivity contribution in [3.63, 3.8) is 0 Å². The van der Waals surface area contributed by atoms with Crippen LogP contribution in [0.2, 0.25) is 5.02 Å². The van der Waals surface area contributed by atoms with Crippen molar-refractivity contribution in [2.24, 2.45) is 5.92 Å². The fourth-order valence-electron chi connectivity index (χ4n) is 4.07. The van der Waals surface area contributed by atoms with Crippen LogP contribution in [0, 0.1) is 11.7 Å². The maximum Gasteiger partial charge on any atom is 0.231 e. The highest BCUT2D eigenvalue weighted by Crippen LogP contribution is 2.44. The van der Waals surface area contributed by atoms with Gasteiger partial charge in [-0.2, -0.15) is 5.10 Å². The molecule has 2 aliphatic carbocycles. The highest BCUT2D eigenvalue weighted by molar-refractivity contribution is 6.35. The van der Waals surface area contributed by atoms with E-state index in [9.17, 15) is 9.18 Å². The van der Waals surface area contributed by atoms with Crippen molar-refractivity contribution >= 4 is 45.6 Å². The number of amides is 1. The topological polar surface area (TPSA) is 91.2 Å². The smallest absolute Gasteiger partial charge is 0.231 e. The molecular weight excluding hydrogens is 440 g/mol. The SMILES string of the molecule is CN(c1c(F)c(Cl)c(-c2cn3cc(NC(=O)C4CC4F)nc3cn2)c2cn[nH]c12)C1CC1. The second-order valence-electron chi connectivity index (χ2n) is 8.36. The fourth-order valence-corrected chi connectivity index (χ4v) is 4.35. The monoisotopic (exact) mass is 457 g/mol. The summed E-state index contributed by atoms with van der Waals surface area (Å²) in [6.07, 6.45) is 7.53. The van der Waals surface area contributed by atoms with E-state index in [4.69, 9.17) is 11.6 Å². The number of halogens is 3. The summed E-state index contributed by atoms with van der Waals surface area (Å²) < 4.78 is 30.2. The number of carbonyl (C=O) groups excluding carboxylic acids is 1. The minimum Gasteiger partial charge on any atom is -0.367 e. The first-order valence-electron chi connectivity index (χ1n) is 10.3.